The van der Waals surface area contributed by atoms with E-state index in [4.69, 9.17) is 4.74 Å². The molecule has 0 radical (unpaired) electrons. The molecule has 0 atom stereocenters. The molecular formula is C20H19BrN2O3S. The number of para-hydroxylation sites is 1. The van der Waals surface area contributed by atoms with Gasteiger partial charge < -0.3 is 9.84 Å². The van der Waals surface area contributed by atoms with Crippen molar-refractivity contribution in [2.24, 2.45) is 4.99 Å². The zero-order chi connectivity index (χ0) is 19.4. The molecule has 1 heterocycles. The number of hydrogen-bond donors (Lipinski definition) is 1. The Morgan fingerprint density at radius 3 is 2.70 bits per heavy atom. The van der Waals surface area contributed by atoms with Gasteiger partial charge in [-0.15, -0.1) is 0 Å². The Hall–Kier alpha value is -2.25. The zero-order valence-corrected chi connectivity index (χ0v) is 17.4. The molecule has 140 valence electrons. The number of hydrogen-bond acceptors (Lipinski definition) is 5. The number of aromatic hydroxyl groups is 1. The van der Waals surface area contributed by atoms with Crippen LogP contribution < -0.4 is 4.74 Å². The average molecular weight is 447 g/mol. The van der Waals surface area contributed by atoms with Crippen LogP contribution in [0.2, 0.25) is 0 Å². The van der Waals surface area contributed by atoms with E-state index >= 15 is 0 Å². The number of nitrogens with zero attached hydrogens (tertiary/aromatic N) is 2. The zero-order valence-electron chi connectivity index (χ0n) is 15.0. The fraction of sp³-hybridized carbons (Fsp3) is 0.200. The number of amidine groups is 1. The van der Waals surface area contributed by atoms with Crippen molar-refractivity contribution in [2.45, 2.75) is 13.3 Å². The Labute approximate surface area is 170 Å². The third-order valence-electron chi connectivity index (χ3n) is 3.88. The minimum Gasteiger partial charge on any atom is -0.503 e. The quantitative estimate of drug-likeness (QED) is 0.642. The lowest BCUT2D eigenvalue weighted by atomic mass is 10.2. The molecule has 1 aliphatic heterocycles. The number of aliphatic imine (C=N–C) groups is 1. The summed E-state index contributed by atoms with van der Waals surface area (Å²) >= 11 is 4.66. The highest BCUT2D eigenvalue weighted by Gasteiger charge is 2.32. The fourth-order valence-electron chi connectivity index (χ4n) is 2.61. The molecule has 2 aromatic carbocycles. The van der Waals surface area contributed by atoms with Gasteiger partial charge in [0.2, 0.25) is 0 Å². The van der Waals surface area contributed by atoms with E-state index in [9.17, 15) is 9.90 Å². The van der Waals surface area contributed by atoms with E-state index in [1.807, 2.05) is 37.3 Å². The van der Waals surface area contributed by atoms with Crippen molar-refractivity contribution in [2.75, 3.05) is 13.7 Å². The third-order valence-corrected chi connectivity index (χ3v) is 5.50. The monoisotopic (exact) mass is 446 g/mol. The molecule has 27 heavy (non-hydrogen) atoms. The molecule has 5 nitrogen and oxygen atoms in total. The van der Waals surface area contributed by atoms with Crippen LogP contribution in [0.4, 0.5) is 5.69 Å². The lowest BCUT2D eigenvalue weighted by Gasteiger charge is -2.13. The van der Waals surface area contributed by atoms with Crippen molar-refractivity contribution in [1.29, 1.82) is 0 Å². The van der Waals surface area contributed by atoms with Gasteiger partial charge in [-0.1, -0.05) is 25.1 Å². The van der Waals surface area contributed by atoms with Gasteiger partial charge in [0.1, 0.15) is 0 Å². The normalized spacial score (nSPS) is 17.1. The van der Waals surface area contributed by atoms with Gasteiger partial charge in [0, 0.05) is 6.54 Å². The molecule has 1 fully saturated rings. The molecule has 0 aromatic heterocycles. The Bertz CT molecular complexity index is 913. The number of phenolic OH excluding ortho intramolecular Hbond substituents is 1. The van der Waals surface area contributed by atoms with E-state index in [2.05, 4.69) is 20.9 Å². The largest absolute Gasteiger partial charge is 0.503 e. The lowest BCUT2D eigenvalue weighted by Crippen LogP contribution is -2.29. The molecule has 1 N–H and O–H groups in total. The molecule has 0 unspecified atom stereocenters. The molecular weight excluding hydrogens is 428 g/mol. The van der Waals surface area contributed by atoms with E-state index in [-0.39, 0.29) is 11.7 Å². The van der Waals surface area contributed by atoms with Crippen molar-refractivity contribution in [3.63, 3.8) is 0 Å². The SMILES string of the molecule is CCCN1C(=O)/C(=C\c2cc(Br)c(O)c(OC)c2)SC1=Nc1ccccc1. The van der Waals surface area contributed by atoms with Crippen LogP contribution in [-0.2, 0) is 4.79 Å². The van der Waals surface area contributed by atoms with Crippen LogP contribution in [0.3, 0.4) is 0 Å². The molecule has 0 spiro atoms. The van der Waals surface area contributed by atoms with Crippen molar-refractivity contribution in [3.8, 4) is 11.5 Å². The van der Waals surface area contributed by atoms with Crippen molar-refractivity contribution >= 4 is 50.5 Å². The van der Waals surface area contributed by atoms with Crippen LogP contribution in [0.15, 0.2) is 56.8 Å². The van der Waals surface area contributed by atoms with Crippen LogP contribution in [0.25, 0.3) is 6.08 Å². The molecule has 1 saturated heterocycles. The first-order chi connectivity index (χ1) is 13.0. The van der Waals surface area contributed by atoms with Gasteiger partial charge in [-0.3, -0.25) is 9.69 Å². The number of amides is 1. The average Bonchev–Trinajstić information content (AvgIpc) is 2.94. The minimum absolute atomic E-state index is 0.0315. The number of carbonyl (C=O) groups excluding carboxylic acids is 1. The number of phenols is 1. The van der Waals surface area contributed by atoms with Gasteiger partial charge in [0.05, 0.1) is 22.2 Å². The van der Waals surface area contributed by atoms with Gasteiger partial charge in [0.25, 0.3) is 5.91 Å². The Morgan fingerprint density at radius 1 is 1.30 bits per heavy atom. The van der Waals surface area contributed by atoms with Crippen LogP contribution in [0.1, 0.15) is 18.9 Å². The number of rotatable bonds is 5. The van der Waals surface area contributed by atoms with Crippen molar-refractivity contribution in [1.82, 2.24) is 4.90 Å². The highest BCUT2D eigenvalue weighted by Crippen LogP contribution is 2.38. The summed E-state index contributed by atoms with van der Waals surface area (Å²) < 4.78 is 5.69. The fourth-order valence-corrected chi connectivity index (χ4v) is 4.09. The predicted octanol–water partition coefficient (Wildman–Crippen LogP) is 5.18. The first-order valence-corrected chi connectivity index (χ1v) is 10.1. The maximum atomic E-state index is 12.9. The van der Waals surface area contributed by atoms with Gasteiger partial charge in [-0.05, 0) is 70.0 Å². The molecule has 7 heteroatoms. The smallest absolute Gasteiger partial charge is 0.266 e. The molecule has 0 saturated carbocycles. The minimum atomic E-state index is -0.0697. The Morgan fingerprint density at radius 2 is 2.04 bits per heavy atom. The maximum absolute atomic E-state index is 12.9. The van der Waals surface area contributed by atoms with E-state index in [1.54, 1.807) is 23.1 Å². The highest BCUT2D eigenvalue weighted by atomic mass is 79.9. The summed E-state index contributed by atoms with van der Waals surface area (Å²) in [6, 6.07) is 13.0. The van der Waals surface area contributed by atoms with Crippen molar-refractivity contribution < 1.29 is 14.6 Å². The number of benzene rings is 2. The molecule has 1 amide bonds. The lowest BCUT2D eigenvalue weighted by molar-refractivity contribution is -0.122. The first-order valence-electron chi connectivity index (χ1n) is 8.45. The number of thioether (sulfide) groups is 1. The summed E-state index contributed by atoms with van der Waals surface area (Å²) in [6.45, 7) is 2.64. The van der Waals surface area contributed by atoms with E-state index < -0.39 is 0 Å². The topological polar surface area (TPSA) is 62.1 Å². The van der Waals surface area contributed by atoms with E-state index in [0.29, 0.717) is 26.8 Å². The molecule has 0 aliphatic carbocycles. The Kier molecular flexibility index (Phi) is 6.23. The third kappa shape index (κ3) is 4.36. The van der Waals surface area contributed by atoms with E-state index in [0.717, 1.165) is 17.7 Å². The van der Waals surface area contributed by atoms with Crippen LogP contribution in [-0.4, -0.2) is 34.7 Å². The van der Waals surface area contributed by atoms with Gasteiger partial charge in [-0.2, -0.15) is 0 Å². The second-order valence-electron chi connectivity index (χ2n) is 5.85. The summed E-state index contributed by atoms with van der Waals surface area (Å²) in [5.41, 5.74) is 1.56. The first kappa shape index (κ1) is 19.5. The number of ether oxygens (including phenoxy) is 1. The van der Waals surface area contributed by atoms with Crippen LogP contribution in [0, 0.1) is 0 Å². The molecule has 3 rings (SSSR count). The highest BCUT2D eigenvalue weighted by molar-refractivity contribution is 9.10. The van der Waals surface area contributed by atoms with Crippen LogP contribution >= 0.6 is 27.7 Å². The van der Waals surface area contributed by atoms with Gasteiger partial charge >= 0.3 is 0 Å². The predicted molar refractivity (Wildman–Crippen MR) is 113 cm³/mol. The number of carbonyl (C=O) groups is 1. The summed E-state index contributed by atoms with van der Waals surface area (Å²) in [5, 5.41) is 10.6. The second kappa shape index (κ2) is 8.63. The standard InChI is InChI=1S/C20H19BrN2O3S/c1-3-9-23-19(25)17(27-20(23)22-14-7-5-4-6-8-14)12-13-10-15(21)18(24)16(11-13)26-2/h4-8,10-12,24H,3,9H2,1-2H3/b17-12+,22-20?. The summed E-state index contributed by atoms with van der Waals surface area (Å²) in [7, 11) is 1.49. The van der Waals surface area contributed by atoms with Crippen LogP contribution in [0.5, 0.6) is 11.5 Å². The summed E-state index contributed by atoms with van der Waals surface area (Å²) in [5.74, 6) is 0.305. The van der Waals surface area contributed by atoms with Gasteiger partial charge in [-0.25, -0.2) is 4.99 Å². The Balaban J connectivity index is 1.97. The van der Waals surface area contributed by atoms with Crippen molar-refractivity contribution in [3.05, 3.63) is 57.4 Å². The number of halogens is 1. The van der Waals surface area contributed by atoms with E-state index in [1.165, 1.54) is 18.9 Å². The summed E-state index contributed by atoms with van der Waals surface area (Å²) in [6.07, 6.45) is 2.63. The maximum Gasteiger partial charge on any atom is 0.266 e. The molecule has 2 aromatic rings. The molecule has 1 aliphatic rings. The number of methoxy groups -OCH3 is 1. The second-order valence-corrected chi connectivity index (χ2v) is 7.71. The summed E-state index contributed by atoms with van der Waals surface area (Å²) in [4.78, 5) is 19.8. The molecule has 0 bridgehead atoms. The van der Waals surface area contributed by atoms with Gasteiger partial charge in [0.15, 0.2) is 16.7 Å².